The second-order valence-electron chi connectivity index (χ2n) is 4.97. The van der Waals surface area contributed by atoms with E-state index in [1.807, 2.05) is 11.8 Å². The minimum Gasteiger partial charge on any atom is -0.377 e. The Hall–Kier alpha value is -0.670. The highest BCUT2D eigenvalue weighted by atomic mass is 32.2. The number of nitrogens with two attached hydrogens (primary N) is 1. The van der Waals surface area contributed by atoms with Crippen molar-refractivity contribution in [3.8, 4) is 0 Å². The van der Waals surface area contributed by atoms with Crippen molar-refractivity contribution in [1.29, 1.82) is 0 Å². The lowest BCUT2D eigenvalue weighted by Crippen LogP contribution is -2.54. The van der Waals surface area contributed by atoms with Crippen LogP contribution < -0.4 is 11.1 Å². The average molecular weight is 250 g/mol. The summed E-state index contributed by atoms with van der Waals surface area (Å²) in [6.07, 6.45) is 2.43. The van der Waals surface area contributed by atoms with Crippen LogP contribution in [0.1, 0.15) is 25.3 Å². The number of rotatable bonds is 3. The van der Waals surface area contributed by atoms with E-state index in [1.165, 1.54) is 29.8 Å². The van der Waals surface area contributed by atoms with Gasteiger partial charge in [0.25, 0.3) is 0 Å². The Morgan fingerprint density at radius 2 is 2.12 bits per heavy atom. The number of hydrogen-bond donors (Lipinski definition) is 2. The Bertz CT molecular complexity index is 363. The Morgan fingerprint density at radius 1 is 1.41 bits per heavy atom. The van der Waals surface area contributed by atoms with E-state index in [4.69, 9.17) is 5.73 Å². The molecule has 3 N–H and O–H groups in total. The van der Waals surface area contributed by atoms with Gasteiger partial charge < -0.3 is 11.1 Å². The number of aryl methyl sites for hydroxylation is 1. The quantitative estimate of drug-likeness (QED) is 0.866. The molecular formula is C14H22N2S. The van der Waals surface area contributed by atoms with E-state index in [0.717, 1.165) is 0 Å². The Balaban J connectivity index is 2.15. The molecule has 0 amide bonds. The van der Waals surface area contributed by atoms with Crippen molar-refractivity contribution in [2.24, 2.45) is 5.73 Å². The summed E-state index contributed by atoms with van der Waals surface area (Å²) in [6.45, 7) is 5.11. The van der Waals surface area contributed by atoms with Gasteiger partial charge in [-0.25, -0.2) is 0 Å². The molecule has 2 atom stereocenters. The van der Waals surface area contributed by atoms with Crippen molar-refractivity contribution >= 4 is 17.4 Å². The van der Waals surface area contributed by atoms with E-state index in [9.17, 15) is 0 Å². The molecule has 0 saturated carbocycles. The zero-order valence-electron chi connectivity index (χ0n) is 10.7. The van der Waals surface area contributed by atoms with Gasteiger partial charge >= 0.3 is 0 Å². The molecular weight excluding hydrogens is 228 g/mol. The summed E-state index contributed by atoms with van der Waals surface area (Å²) in [5.74, 6) is 1.26. The van der Waals surface area contributed by atoms with E-state index in [-0.39, 0.29) is 5.54 Å². The van der Waals surface area contributed by atoms with Crippen LogP contribution in [-0.4, -0.2) is 23.1 Å². The smallest absolute Gasteiger partial charge is 0.0611 e. The van der Waals surface area contributed by atoms with Gasteiger partial charge in [-0.15, -0.1) is 0 Å². The monoisotopic (exact) mass is 250 g/mol. The van der Waals surface area contributed by atoms with E-state index < -0.39 is 0 Å². The van der Waals surface area contributed by atoms with Gasteiger partial charge in [0.1, 0.15) is 0 Å². The number of thioether (sulfide) groups is 1. The standard InChI is InChI=1S/C14H22N2S/c1-11-4-6-13(7-5-11)16-14(10-15)8-3-9-17-12(14)2/h4-7,12,16H,3,8-10,15H2,1-2H3. The molecule has 2 nitrogen and oxygen atoms in total. The fraction of sp³-hybridized carbons (Fsp3) is 0.571. The summed E-state index contributed by atoms with van der Waals surface area (Å²) in [6, 6.07) is 8.60. The summed E-state index contributed by atoms with van der Waals surface area (Å²) >= 11 is 2.03. The fourth-order valence-corrected chi connectivity index (χ4v) is 3.67. The maximum absolute atomic E-state index is 6.03. The van der Waals surface area contributed by atoms with Crippen LogP contribution in [0.3, 0.4) is 0 Å². The van der Waals surface area contributed by atoms with Gasteiger partial charge in [-0.3, -0.25) is 0 Å². The first kappa shape index (κ1) is 12.8. The van der Waals surface area contributed by atoms with E-state index in [1.54, 1.807) is 0 Å². The molecule has 1 aromatic rings. The third-order valence-electron chi connectivity index (χ3n) is 3.72. The predicted molar refractivity (Wildman–Crippen MR) is 77.7 cm³/mol. The van der Waals surface area contributed by atoms with Crippen molar-refractivity contribution in [1.82, 2.24) is 0 Å². The first-order chi connectivity index (χ1) is 8.16. The van der Waals surface area contributed by atoms with E-state index >= 15 is 0 Å². The van der Waals surface area contributed by atoms with Crippen LogP contribution >= 0.6 is 11.8 Å². The van der Waals surface area contributed by atoms with Crippen molar-refractivity contribution in [3.63, 3.8) is 0 Å². The molecule has 1 heterocycles. The lowest BCUT2D eigenvalue weighted by atomic mass is 9.89. The number of hydrogen-bond acceptors (Lipinski definition) is 3. The number of anilines is 1. The topological polar surface area (TPSA) is 38.0 Å². The van der Waals surface area contributed by atoms with Gasteiger partial charge in [0.2, 0.25) is 0 Å². The summed E-state index contributed by atoms with van der Waals surface area (Å²) < 4.78 is 0. The van der Waals surface area contributed by atoms with Gasteiger partial charge in [0.15, 0.2) is 0 Å². The zero-order chi connectivity index (χ0) is 12.3. The molecule has 1 aromatic carbocycles. The second kappa shape index (κ2) is 5.32. The summed E-state index contributed by atoms with van der Waals surface area (Å²) in [5, 5.41) is 4.25. The van der Waals surface area contributed by atoms with Crippen LogP contribution in [0.25, 0.3) is 0 Å². The van der Waals surface area contributed by atoms with Gasteiger partial charge in [-0.2, -0.15) is 11.8 Å². The number of benzene rings is 1. The van der Waals surface area contributed by atoms with E-state index in [2.05, 4.69) is 43.4 Å². The highest BCUT2D eigenvalue weighted by Crippen LogP contribution is 2.36. The van der Waals surface area contributed by atoms with Crippen LogP contribution in [-0.2, 0) is 0 Å². The SMILES string of the molecule is Cc1ccc(NC2(CN)CCCSC2C)cc1. The van der Waals surface area contributed by atoms with Crippen LogP contribution in [0.2, 0.25) is 0 Å². The molecule has 3 heteroatoms. The van der Waals surface area contributed by atoms with Crippen LogP contribution in [0.4, 0.5) is 5.69 Å². The zero-order valence-corrected chi connectivity index (χ0v) is 11.5. The molecule has 0 aromatic heterocycles. The van der Waals surface area contributed by atoms with Crippen molar-refractivity contribution in [3.05, 3.63) is 29.8 Å². The molecule has 1 aliphatic heterocycles. The average Bonchev–Trinajstić information content (AvgIpc) is 2.35. The summed E-state index contributed by atoms with van der Waals surface area (Å²) in [4.78, 5) is 0. The summed E-state index contributed by atoms with van der Waals surface area (Å²) in [7, 11) is 0. The normalized spacial score (nSPS) is 29.0. The molecule has 0 spiro atoms. The first-order valence-electron chi connectivity index (χ1n) is 6.33. The highest BCUT2D eigenvalue weighted by Gasteiger charge is 2.37. The molecule has 0 bridgehead atoms. The first-order valence-corrected chi connectivity index (χ1v) is 7.38. The number of nitrogens with one attached hydrogen (secondary N) is 1. The Morgan fingerprint density at radius 3 is 2.71 bits per heavy atom. The third kappa shape index (κ3) is 2.78. The molecule has 0 radical (unpaired) electrons. The molecule has 2 rings (SSSR count). The maximum Gasteiger partial charge on any atom is 0.0611 e. The lowest BCUT2D eigenvalue weighted by molar-refractivity contribution is 0.422. The molecule has 1 aliphatic rings. The summed E-state index contributed by atoms with van der Waals surface area (Å²) in [5.41, 5.74) is 8.58. The second-order valence-corrected chi connectivity index (χ2v) is 6.42. The molecule has 94 valence electrons. The molecule has 1 saturated heterocycles. The fourth-order valence-electron chi connectivity index (χ4n) is 2.42. The van der Waals surface area contributed by atoms with Gasteiger partial charge in [0, 0.05) is 17.5 Å². The Kier molecular flexibility index (Phi) is 4.00. The Labute approximate surface area is 108 Å². The third-order valence-corrected chi connectivity index (χ3v) is 5.20. The molecule has 0 aliphatic carbocycles. The van der Waals surface area contributed by atoms with Crippen LogP contribution in [0.5, 0.6) is 0 Å². The van der Waals surface area contributed by atoms with Crippen LogP contribution in [0.15, 0.2) is 24.3 Å². The minimum atomic E-state index is 0.0676. The predicted octanol–water partition coefficient (Wildman–Crippen LogP) is 3.02. The molecule has 2 unspecified atom stereocenters. The lowest BCUT2D eigenvalue weighted by Gasteiger charge is -2.43. The van der Waals surface area contributed by atoms with Crippen LogP contribution in [0, 0.1) is 6.92 Å². The maximum atomic E-state index is 6.03. The minimum absolute atomic E-state index is 0.0676. The van der Waals surface area contributed by atoms with Crippen molar-refractivity contribution in [2.75, 3.05) is 17.6 Å². The largest absolute Gasteiger partial charge is 0.377 e. The van der Waals surface area contributed by atoms with Crippen molar-refractivity contribution < 1.29 is 0 Å². The van der Waals surface area contributed by atoms with Gasteiger partial charge in [-0.1, -0.05) is 24.6 Å². The highest BCUT2D eigenvalue weighted by molar-refractivity contribution is 8.00. The van der Waals surface area contributed by atoms with Crippen molar-refractivity contribution in [2.45, 2.75) is 37.5 Å². The molecule has 17 heavy (non-hydrogen) atoms. The molecule has 1 fully saturated rings. The van der Waals surface area contributed by atoms with E-state index in [0.29, 0.717) is 11.8 Å². The van der Waals surface area contributed by atoms with Gasteiger partial charge in [0.05, 0.1) is 5.54 Å². The van der Waals surface area contributed by atoms with Gasteiger partial charge in [-0.05, 0) is 37.7 Å².